The van der Waals surface area contributed by atoms with Gasteiger partial charge >= 0.3 is 7.12 Å². The molecule has 0 spiro atoms. The van der Waals surface area contributed by atoms with Crippen molar-refractivity contribution in [1.29, 1.82) is 0 Å². The van der Waals surface area contributed by atoms with Crippen molar-refractivity contribution in [2.45, 2.75) is 0 Å². The second-order valence-corrected chi connectivity index (χ2v) is 14.3. The zero-order valence-corrected chi connectivity index (χ0v) is 30.8. The number of nitrogens with zero attached hydrogens (tertiary/aromatic N) is 2. The molecule has 10 rings (SSSR count). The predicted molar refractivity (Wildman–Crippen MR) is 230 cm³/mol. The molecule has 258 valence electrons. The maximum atomic E-state index is 9.31. The normalized spacial score (nSPS) is 11.2. The molecular weight excluding hydrogens is 727 g/mol. The van der Waals surface area contributed by atoms with E-state index in [4.69, 9.17) is 0 Å². The third-order valence-corrected chi connectivity index (χ3v) is 10.6. The smallest absolute Gasteiger partial charge is 0.423 e. The van der Waals surface area contributed by atoms with E-state index in [1.165, 1.54) is 60.4 Å². The third-order valence-electron chi connectivity index (χ3n) is 10.1. The van der Waals surface area contributed by atoms with E-state index in [-0.39, 0.29) is 0 Å². The van der Waals surface area contributed by atoms with Crippen molar-refractivity contribution < 1.29 is 10.0 Å². The topological polar surface area (TPSA) is 50.3 Å². The summed E-state index contributed by atoms with van der Waals surface area (Å²) in [4.78, 5) is 0. The summed E-state index contributed by atoms with van der Waals surface area (Å²) in [7, 11) is -1.44. The van der Waals surface area contributed by atoms with Gasteiger partial charge in [-0.2, -0.15) is 0 Å². The lowest BCUT2D eigenvalue weighted by atomic mass is 9.80. The second-order valence-electron chi connectivity index (χ2n) is 13.3. The lowest BCUT2D eigenvalue weighted by Crippen LogP contribution is -2.29. The molecule has 8 aromatic carbocycles. The summed E-state index contributed by atoms with van der Waals surface area (Å²) in [6.07, 6.45) is 0. The number of halogens is 1. The van der Waals surface area contributed by atoms with Crippen LogP contribution in [0.2, 0.25) is 0 Å². The fraction of sp³-hybridized carbons (Fsp3) is 0. The van der Waals surface area contributed by atoms with Gasteiger partial charge < -0.3 is 19.2 Å². The van der Waals surface area contributed by atoms with Crippen LogP contribution in [-0.4, -0.2) is 26.3 Å². The molecule has 0 fully saturated rings. The maximum Gasteiger partial charge on any atom is 0.488 e. The summed E-state index contributed by atoms with van der Waals surface area (Å²) in [6.45, 7) is 0. The van der Waals surface area contributed by atoms with Crippen molar-refractivity contribution in [3.05, 3.63) is 199 Å². The van der Waals surface area contributed by atoms with Gasteiger partial charge in [0.2, 0.25) is 0 Å². The van der Waals surface area contributed by atoms with Gasteiger partial charge in [-0.1, -0.05) is 137 Å². The molecule has 0 unspecified atom stereocenters. The molecule has 10 aromatic rings. The minimum absolute atomic E-state index is 0.491. The monoisotopic (exact) mass is 760 g/mol. The molecule has 4 nitrogen and oxygen atoms in total. The predicted octanol–water partition coefficient (Wildman–Crippen LogP) is 11.3. The van der Waals surface area contributed by atoms with Crippen LogP contribution in [0.3, 0.4) is 0 Å². The molecular formula is C48H34BBrN2O2. The van der Waals surface area contributed by atoms with E-state index in [0.717, 1.165) is 21.3 Å². The van der Waals surface area contributed by atoms with Gasteiger partial charge in [0.1, 0.15) is 0 Å². The van der Waals surface area contributed by atoms with E-state index < -0.39 is 7.12 Å². The molecule has 0 amide bonds. The van der Waals surface area contributed by atoms with E-state index in [1.807, 2.05) is 18.2 Å². The Labute approximate surface area is 322 Å². The molecule has 0 saturated heterocycles. The number of fused-ring (bicyclic) bond motifs is 6. The standard InChI is InChI=1S/C24H18BNO2.C24H16BrN/c27-25(28)19-13-10-17(11-14-19)18-12-15-24-22(16-18)21-8-4-5-9-23(21)26(24)20-6-2-1-3-7-20;25-19-13-10-17(11-14-19)18-12-15-24-22(16-18)21-8-4-5-9-23(21)26(24)20-6-2-1-3-7-20/h1-16,27-28H;1-16H. The highest BCUT2D eigenvalue weighted by Gasteiger charge is 2.15. The quantitative estimate of drug-likeness (QED) is 0.172. The lowest BCUT2D eigenvalue weighted by molar-refractivity contribution is 0.426. The van der Waals surface area contributed by atoms with Gasteiger partial charge in [-0.05, 0) is 101 Å². The summed E-state index contributed by atoms with van der Waals surface area (Å²) >= 11 is 3.52. The Balaban J connectivity index is 0.000000143. The highest BCUT2D eigenvalue weighted by Crippen LogP contribution is 2.36. The molecule has 2 heterocycles. The molecule has 54 heavy (non-hydrogen) atoms. The Kier molecular flexibility index (Phi) is 8.93. The van der Waals surface area contributed by atoms with Gasteiger partial charge in [-0.3, -0.25) is 0 Å². The first kappa shape index (κ1) is 33.6. The number of hydrogen-bond acceptors (Lipinski definition) is 2. The Morgan fingerprint density at radius 3 is 1.17 bits per heavy atom. The van der Waals surface area contributed by atoms with Crippen molar-refractivity contribution in [1.82, 2.24) is 9.13 Å². The van der Waals surface area contributed by atoms with Gasteiger partial charge in [-0.25, -0.2) is 0 Å². The Morgan fingerprint density at radius 1 is 0.352 bits per heavy atom. The molecule has 0 atom stereocenters. The van der Waals surface area contributed by atoms with Gasteiger partial charge in [0.15, 0.2) is 0 Å². The highest BCUT2D eigenvalue weighted by atomic mass is 79.9. The van der Waals surface area contributed by atoms with Gasteiger partial charge in [0, 0.05) is 37.4 Å². The maximum absolute atomic E-state index is 9.31. The fourth-order valence-electron chi connectivity index (χ4n) is 7.51. The largest absolute Gasteiger partial charge is 0.488 e. The zero-order valence-electron chi connectivity index (χ0n) is 29.2. The third kappa shape index (κ3) is 6.20. The fourth-order valence-corrected chi connectivity index (χ4v) is 7.77. The van der Waals surface area contributed by atoms with Gasteiger partial charge in [0.05, 0.1) is 22.1 Å². The number of benzene rings is 8. The molecule has 0 aliphatic carbocycles. The number of rotatable bonds is 5. The average molecular weight is 762 g/mol. The number of para-hydroxylation sites is 4. The van der Waals surface area contributed by atoms with Crippen LogP contribution in [0.5, 0.6) is 0 Å². The summed E-state index contributed by atoms with van der Waals surface area (Å²) < 4.78 is 5.73. The van der Waals surface area contributed by atoms with Crippen LogP contribution >= 0.6 is 15.9 Å². The molecule has 0 bridgehead atoms. The van der Waals surface area contributed by atoms with Crippen molar-refractivity contribution in [2.24, 2.45) is 0 Å². The summed E-state index contributed by atoms with van der Waals surface area (Å²) in [5.41, 5.74) is 12.2. The number of aromatic nitrogens is 2. The SMILES string of the molecule is Brc1ccc(-c2ccc3c(c2)c2ccccc2n3-c2ccccc2)cc1.OB(O)c1ccc(-c2ccc3c(c2)c2ccccc2n3-c2ccccc2)cc1. The van der Waals surface area contributed by atoms with Crippen LogP contribution in [0.25, 0.3) is 77.2 Å². The highest BCUT2D eigenvalue weighted by molar-refractivity contribution is 9.10. The molecule has 2 aromatic heterocycles. The number of hydrogen-bond donors (Lipinski definition) is 2. The first-order valence-electron chi connectivity index (χ1n) is 17.9. The van der Waals surface area contributed by atoms with Crippen LogP contribution in [0.4, 0.5) is 0 Å². The van der Waals surface area contributed by atoms with E-state index in [1.54, 1.807) is 12.1 Å². The van der Waals surface area contributed by atoms with Gasteiger partial charge in [0.25, 0.3) is 0 Å². The van der Waals surface area contributed by atoms with Crippen molar-refractivity contribution in [3.8, 4) is 33.6 Å². The van der Waals surface area contributed by atoms with E-state index in [2.05, 4.69) is 189 Å². The minimum atomic E-state index is -1.44. The Hall–Kier alpha value is -6.18. The van der Waals surface area contributed by atoms with Crippen molar-refractivity contribution >= 4 is 72.1 Å². The average Bonchev–Trinajstić information content (AvgIpc) is 3.74. The second kappa shape index (κ2) is 14.3. The summed E-state index contributed by atoms with van der Waals surface area (Å²) in [5.74, 6) is 0. The van der Waals surface area contributed by atoms with Crippen LogP contribution in [0.15, 0.2) is 199 Å². The molecule has 0 aliphatic rings. The van der Waals surface area contributed by atoms with Crippen molar-refractivity contribution in [3.63, 3.8) is 0 Å². The van der Waals surface area contributed by atoms with E-state index >= 15 is 0 Å². The molecule has 6 heteroatoms. The lowest BCUT2D eigenvalue weighted by Gasteiger charge is -2.08. The van der Waals surface area contributed by atoms with Crippen LogP contribution in [0.1, 0.15) is 0 Å². The first-order valence-corrected chi connectivity index (χ1v) is 18.7. The summed E-state index contributed by atoms with van der Waals surface area (Å²) in [5, 5.41) is 23.6. The van der Waals surface area contributed by atoms with E-state index in [9.17, 15) is 10.0 Å². The summed E-state index contributed by atoms with van der Waals surface area (Å²) in [6, 6.07) is 67.1. The van der Waals surface area contributed by atoms with E-state index in [0.29, 0.717) is 5.46 Å². The Morgan fingerprint density at radius 2 is 0.722 bits per heavy atom. The first-order chi connectivity index (χ1) is 26.5. The molecule has 0 saturated carbocycles. The van der Waals surface area contributed by atoms with Crippen LogP contribution in [-0.2, 0) is 0 Å². The van der Waals surface area contributed by atoms with Crippen molar-refractivity contribution in [2.75, 3.05) is 0 Å². The molecule has 2 N–H and O–H groups in total. The Bertz CT molecular complexity index is 2900. The minimum Gasteiger partial charge on any atom is -0.423 e. The molecule has 0 aliphatic heterocycles. The molecule has 0 radical (unpaired) electrons. The van der Waals surface area contributed by atoms with Crippen LogP contribution in [0, 0.1) is 0 Å². The van der Waals surface area contributed by atoms with Gasteiger partial charge in [-0.15, -0.1) is 0 Å². The van der Waals surface area contributed by atoms with Crippen LogP contribution < -0.4 is 5.46 Å². The zero-order chi connectivity index (χ0) is 36.6.